The van der Waals surface area contributed by atoms with E-state index < -0.39 is 0 Å². The van der Waals surface area contributed by atoms with Gasteiger partial charge in [-0.2, -0.15) is 0 Å². The molecule has 0 aromatic carbocycles. The quantitative estimate of drug-likeness (QED) is 0.621. The number of aliphatic hydroxyl groups excluding tert-OH is 1. The first-order chi connectivity index (χ1) is 5.26. The summed E-state index contributed by atoms with van der Waals surface area (Å²) in [5.74, 6) is 1.13. The molecular formula is C9H19ClO. The molecule has 0 rings (SSSR count). The average molecular weight is 179 g/mol. The van der Waals surface area contributed by atoms with Crippen molar-refractivity contribution in [3.8, 4) is 0 Å². The Morgan fingerprint density at radius 3 is 2.18 bits per heavy atom. The molecule has 0 aliphatic heterocycles. The van der Waals surface area contributed by atoms with Gasteiger partial charge in [0.1, 0.15) is 0 Å². The third-order valence-corrected chi connectivity index (χ3v) is 2.49. The molecule has 0 aromatic heterocycles. The number of halogens is 1. The molecule has 0 aromatic rings. The molecule has 1 unspecified atom stereocenters. The predicted molar refractivity (Wildman–Crippen MR) is 50.0 cm³/mol. The normalized spacial score (nSPS) is 13.9. The number of rotatable bonds is 6. The van der Waals surface area contributed by atoms with Crippen LogP contribution >= 0.6 is 11.6 Å². The van der Waals surface area contributed by atoms with E-state index in [2.05, 4.69) is 13.8 Å². The molecule has 1 nitrogen and oxygen atoms in total. The van der Waals surface area contributed by atoms with Crippen molar-refractivity contribution in [2.45, 2.75) is 45.6 Å². The van der Waals surface area contributed by atoms with E-state index in [1.807, 2.05) is 0 Å². The minimum Gasteiger partial charge on any atom is -0.393 e. The van der Waals surface area contributed by atoms with E-state index >= 15 is 0 Å². The third-order valence-electron chi connectivity index (χ3n) is 2.23. The summed E-state index contributed by atoms with van der Waals surface area (Å²) in [4.78, 5) is 0. The van der Waals surface area contributed by atoms with Crippen molar-refractivity contribution < 1.29 is 5.11 Å². The highest BCUT2D eigenvalue weighted by Gasteiger charge is 2.13. The Morgan fingerprint density at radius 1 is 1.27 bits per heavy atom. The van der Waals surface area contributed by atoms with Gasteiger partial charge in [-0.15, -0.1) is 11.6 Å². The molecule has 11 heavy (non-hydrogen) atoms. The van der Waals surface area contributed by atoms with Crippen LogP contribution < -0.4 is 0 Å². The maximum Gasteiger partial charge on any atom is 0.0568 e. The van der Waals surface area contributed by atoms with Gasteiger partial charge in [-0.1, -0.05) is 26.7 Å². The minimum atomic E-state index is -0.135. The first-order valence-corrected chi connectivity index (χ1v) is 5.03. The van der Waals surface area contributed by atoms with Crippen molar-refractivity contribution in [2.24, 2.45) is 5.92 Å². The van der Waals surface area contributed by atoms with E-state index in [-0.39, 0.29) is 6.10 Å². The lowest BCUT2D eigenvalue weighted by Gasteiger charge is -2.19. The van der Waals surface area contributed by atoms with Gasteiger partial charge in [-0.25, -0.2) is 0 Å². The van der Waals surface area contributed by atoms with Gasteiger partial charge in [0.15, 0.2) is 0 Å². The van der Waals surface area contributed by atoms with Gasteiger partial charge in [0.25, 0.3) is 0 Å². The molecule has 1 atom stereocenters. The molecule has 0 fully saturated rings. The summed E-state index contributed by atoms with van der Waals surface area (Å²) in [5, 5.41) is 9.58. The van der Waals surface area contributed by atoms with Crippen LogP contribution in [-0.2, 0) is 0 Å². The summed E-state index contributed by atoms with van der Waals surface area (Å²) in [6.07, 6.45) is 3.79. The second kappa shape index (κ2) is 6.93. The SMILES string of the molecule is CCC(CC)C(O)CCCCl. The average Bonchev–Trinajstić information content (AvgIpc) is 2.03. The van der Waals surface area contributed by atoms with Crippen molar-refractivity contribution in [1.29, 1.82) is 0 Å². The van der Waals surface area contributed by atoms with E-state index in [9.17, 15) is 5.11 Å². The summed E-state index contributed by atoms with van der Waals surface area (Å²) >= 11 is 5.53. The maximum absolute atomic E-state index is 9.58. The number of aliphatic hydroxyl groups is 1. The van der Waals surface area contributed by atoms with Crippen molar-refractivity contribution in [2.75, 3.05) is 5.88 Å². The minimum absolute atomic E-state index is 0.135. The Labute approximate surface area is 74.8 Å². The Bertz CT molecular complexity index is 81.6. The second-order valence-electron chi connectivity index (χ2n) is 2.98. The number of hydrogen-bond donors (Lipinski definition) is 1. The zero-order valence-corrected chi connectivity index (χ0v) is 8.27. The molecule has 0 saturated heterocycles. The van der Waals surface area contributed by atoms with Crippen LogP contribution in [0.25, 0.3) is 0 Å². The van der Waals surface area contributed by atoms with Crippen LogP contribution in [0.1, 0.15) is 39.5 Å². The highest BCUT2D eigenvalue weighted by molar-refractivity contribution is 6.17. The lowest BCUT2D eigenvalue weighted by atomic mass is 9.94. The second-order valence-corrected chi connectivity index (χ2v) is 3.35. The van der Waals surface area contributed by atoms with Gasteiger partial charge in [0, 0.05) is 5.88 Å². The van der Waals surface area contributed by atoms with Gasteiger partial charge in [-0.05, 0) is 18.8 Å². The first-order valence-electron chi connectivity index (χ1n) is 4.50. The third kappa shape index (κ3) is 4.65. The van der Waals surface area contributed by atoms with Crippen LogP contribution in [0, 0.1) is 5.92 Å². The van der Waals surface area contributed by atoms with Gasteiger partial charge < -0.3 is 5.11 Å². The molecule has 0 radical (unpaired) electrons. The number of alkyl halides is 1. The molecule has 0 heterocycles. The van der Waals surface area contributed by atoms with Gasteiger partial charge in [0.2, 0.25) is 0 Å². The van der Waals surface area contributed by atoms with Crippen LogP contribution in [0.2, 0.25) is 0 Å². The fourth-order valence-corrected chi connectivity index (χ4v) is 1.51. The smallest absolute Gasteiger partial charge is 0.0568 e. The largest absolute Gasteiger partial charge is 0.393 e. The highest BCUT2D eigenvalue weighted by Crippen LogP contribution is 2.16. The summed E-state index contributed by atoms with van der Waals surface area (Å²) < 4.78 is 0. The Hall–Kier alpha value is 0.250. The summed E-state index contributed by atoms with van der Waals surface area (Å²) in [6.45, 7) is 4.25. The number of hydrogen-bond acceptors (Lipinski definition) is 1. The van der Waals surface area contributed by atoms with E-state index in [1.54, 1.807) is 0 Å². The fraction of sp³-hybridized carbons (Fsp3) is 1.00. The molecule has 0 saturated carbocycles. The molecule has 0 aliphatic carbocycles. The molecule has 68 valence electrons. The van der Waals surface area contributed by atoms with Crippen molar-refractivity contribution in [3.63, 3.8) is 0 Å². The lowest BCUT2D eigenvalue weighted by molar-refractivity contribution is 0.0937. The topological polar surface area (TPSA) is 20.2 Å². The van der Waals surface area contributed by atoms with Gasteiger partial charge >= 0.3 is 0 Å². The van der Waals surface area contributed by atoms with Gasteiger partial charge in [0.05, 0.1) is 6.10 Å². The van der Waals surface area contributed by atoms with Crippen molar-refractivity contribution >= 4 is 11.6 Å². The standard InChI is InChI=1S/C9H19ClO/c1-3-8(4-2)9(11)6-5-7-10/h8-9,11H,3-7H2,1-2H3. The van der Waals surface area contributed by atoms with E-state index in [1.165, 1.54) is 0 Å². The monoisotopic (exact) mass is 178 g/mol. The Morgan fingerprint density at radius 2 is 1.82 bits per heavy atom. The Balaban J connectivity index is 3.51. The fourth-order valence-electron chi connectivity index (χ4n) is 1.35. The molecule has 0 spiro atoms. The predicted octanol–water partition coefficient (Wildman–Crippen LogP) is 2.80. The zero-order valence-electron chi connectivity index (χ0n) is 7.52. The molecule has 1 N–H and O–H groups in total. The van der Waals surface area contributed by atoms with Gasteiger partial charge in [-0.3, -0.25) is 0 Å². The zero-order chi connectivity index (χ0) is 8.69. The van der Waals surface area contributed by atoms with Crippen LogP contribution in [0.5, 0.6) is 0 Å². The van der Waals surface area contributed by atoms with Crippen LogP contribution in [0.3, 0.4) is 0 Å². The van der Waals surface area contributed by atoms with E-state index in [0.29, 0.717) is 11.8 Å². The van der Waals surface area contributed by atoms with Crippen LogP contribution in [-0.4, -0.2) is 17.1 Å². The Kier molecular flexibility index (Phi) is 7.09. The first kappa shape index (κ1) is 11.2. The van der Waals surface area contributed by atoms with Crippen LogP contribution in [0.4, 0.5) is 0 Å². The summed E-state index contributed by atoms with van der Waals surface area (Å²) in [7, 11) is 0. The van der Waals surface area contributed by atoms with Crippen LogP contribution in [0.15, 0.2) is 0 Å². The molecular weight excluding hydrogens is 160 g/mol. The summed E-state index contributed by atoms with van der Waals surface area (Å²) in [5.41, 5.74) is 0. The van der Waals surface area contributed by atoms with E-state index in [4.69, 9.17) is 11.6 Å². The summed E-state index contributed by atoms with van der Waals surface area (Å²) in [6, 6.07) is 0. The molecule has 2 heteroatoms. The maximum atomic E-state index is 9.58. The highest BCUT2D eigenvalue weighted by atomic mass is 35.5. The lowest BCUT2D eigenvalue weighted by Crippen LogP contribution is -2.18. The van der Waals surface area contributed by atoms with E-state index in [0.717, 1.165) is 25.7 Å². The molecule has 0 amide bonds. The van der Waals surface area contributed by atoms with Crippen molar-refractivity contribution in [1.82, 2.24) is 0 Å². The molecule has 0 bridgehead atoms. The molecule has 0 aliphatic rings. The van der Waals surface area contributed by atoms with Crippen molar-refractivity contribution in [3.05, 3.63) is 0 Å².